The molecule has 1 N–H and O–H groups in total. The molecule has 0 saturated heterocycles. The summed E-state index contributed by atoms with van der Waals surface area (Å²) in [5.74, 6) is -1.22. The molecule has 0 aromatic rings. The Morgan fingerprint density at radius 3 is 1.71 bits per heavy atom. The maximum Gasteiger partial charge on any atom is 0.432 e. The summed E-state index contributed by atoms with van der Waals surface area (Å²) in [4.78, 5) is 11.7. The Bertz CT molecular complexity index is 351. The van der Waals surface area contributed by atoms with Crippen LogP contribution >= 0.6 is 0 Å². The lowest BCUT2D eigenvalue weighted by atomic mass is 9.88. The van der Waals surface area contributed by atoms with Crippen LogP contribution in [0.2, 0.25) is 0 Å². The minimum atomic E-state index is -4.71. The number of rotatable bonds is 4. The van der Waals surface area contributed by atoms with Crippen molar-refractivity contribution in [1.82, 2.24) is 0 Å². The van der Waals surface area contributed by atoms with E-state index in [1.54, 1.807) is 27.7 Å². The quantitative estimate of drug-likeness (QED) is 0.598. The largest absolute Gasteiger partial charge is 0.432 e. The fourth-order valence-corrected chi connectivity index (χ4v) is 1.63. The first-order valence-electron chi connectivity index (χ1n) is 5.41. The maximum absolute atomic E-state index is 12.5. The molecule has 0 spiro atoms. The van der Waals surface area contributed by atoms with E-state index in [0.717, 1.165) is 0 Å². The highest BCUT2D eigenvalue weighted by molar-refractivity contribution is 6.10. The fourth-order valence-electron chi connectivity index (χ4n) is 1.63. The summed E-state index contributed by atoms with van der Waals surface area (Å²) in [5.41, 5.74) is -1.59. The molecular formula is C12H18F3NO. The third-order valence-electron chi connectivity index (χ3n) is 2.43. The average Bonchev–Trinajstić information content (AvgIpc) is 2.14. The van der Waals surface area contributed by atoms with Crippen LogP contribution in [-0.2, 0) is 4.79 Å². The lowest BCUT2D eigenvalue weighted by Crippen LogP contribution is -2.28. The van der Waals surface area contributed by atoms with Crippen LogP contribution in [0.4, 0.5) is 13.2 Å². The maximum atomic E-state index is 12.5. The van der Waals surface area contributed by atoms with E-state index in [1.165, 1.54) is 6.92 Å². The number of carbonyl (C=O) groups excluding carboxylic acids is 1. The number of carbonyl (C=O) groups is 1. The van der Waals surface area contributed by atoms with Crippen LogP contribution in [0.1, 0.15) is 34.6 Å². The predicted molar refractivity (Wildman–Crippen MR) is 61.2 cm³/mol. The van der Waals surface area contributed by atoms with Crippen LogP contribution in [0, 0.1) is 17.2 Å². The van der Waals surface area contributed by atoms with Crippen molar-refractivity contribution in [1.29, 1.82) is 5.41 Å². The van der Waals surface area contributed by atoms with Gasteiger partial charge in [0.05, 0.1) is 0 Å². The standard InChI is InChI=1S/C12H18F3NO/c1-6(2)9(11(16)12(13,14)15)8(5)10(17)7(3)4/h6-7,16H,1-5H3/b9-8+,16-11?. The second-order valence-corrected chi connectivity index (χ2v) is 4.59. The van der Waals surface area contributed by atoms with Crippen LogP contribution in [0.3, 0.4) is 0 Å². The summed E-state index contributed by atoms with van der Waals surface area (Å²) < 4.78 is 37.5. The summed E-state index contributed by atoms with van der Waals surface area (Å²) in [6, 6.07) is 0. The number of hydrogen-bond donors (Lipinski definition) is 1. The van der Waals surface area contributed by atoms with Crippen molar-refractivity contribution in [2.75, 3.05) is 0 Å². The van der Waals surface area contributed by atoms with Gasteiger partial charge in [0.1, 0.15) is 5.71 Å². The molecule has 17 heavy (non-hydrogen) atoms. The lowest BCUT2D eigenvalue weighted by molar-refractivity contribution is -0.118. The molecule has 0 saturated carbocycles. The number of Topliss-reactive ketones (excluding diaryl/α,β-unsaturated/α-hetero) is 1. The van der Waals surface area contributed by atoms with Gasteiger partial charge in [0.25, 0.3) is 0 Å². The van der Waals surface area contributed by atoms with Crippen molar-refractivity contribution in [3.63, 3.8) is 0 Å². The normalized spacial score (nSPS) is 14.0. The molecule has 0 aromatic heterocycles. The highest BCUT2D eigenvalue weighted by Crippen LogP contribution is 2.28. The van der Waals surface area contributed by atoms with E-state index in [9.17, 15) is 18.0 Å². The molecule has 0 fully saturated rings. The number of halogens is 3. The van der Waals surface area contributed by atoms with Crippen molar-refractivity contribution in [3.05, 3.63) is 11.1 Å². The molecule has 98 valence electrons. The van der Waals surface area contributed by atoms with Crippen molar-refractivity contribution in [3.8, 4) is 0 Å². The molecule has 0 radical (unpaired) electrons. The molecule has 0 aromatic carbocycles. The van der Waals surface area contributed by atoms with Crippen LogP contribution in [-0.4, -0.2) is 17.7 Å². The van der Waals surface area contributed by atoms with Crippen LogP contribution < -0.4 is 0 Å². The average molecular weight is 249 g/mol. The third-order valence-corrected chi connectivity index (χ3v) is 2.43. The van der Waals surface area contributed by atoms with Crippen LogP contribution in [0.25, 0.3) is 0 Å². The van der Waals surface area contributed by atoms with Gasteiger partial charge < -0.3 is 0 Å². The molecule has 2 nitrogen and oxygen atoms in total. The summed E-state index contributed by atoms with van der Waals surface area (Å²) in [7, 11) is 0. The van der Waals surface area contributed by atoms with Crippen molar-refractivity contribution in [2.45, 2.75) is 40.8 Å². The van der Waals surface area contributed by atoms with Gasteiger partial charge in [0.15, 0.2) is 5.78 Å². The molecule has 0 atom stereocenters. The first-order chi connectivity index (χ1) is 7.50. The number of hydrogen-bond acceptors (Lipinski definition) is 2. The van der Waals surface area contributed by atoms with Gasteiger partial charge in [0, 0.05) is 5.92 Å². The first kappa shape index (κ1) is 15.9. The zero-order valence-electron chi connectivity index (χ0n) is 10.7. The van der Waals surface area contributed by atoms with Crippen molar-refractivity contribution in [2.24, 2.45) is 11.8 Å². The van der Waals surface area contributed by atoms with Gasteiger partial charge in [-0.15, -0.1) is 0 Å². The first-order valence-corrected chi connectivity index (χ1v) is 5.41. The smallest absolute Gasteiger partial charge is 0.296 e. The Balaban J connectivity index is 5.61. The second kappa shape index (κ2) is 5.47. The van der Waals surface area contributed by atoms with Crippen LogP contribution in [0.5, 0.6) is 0 Å². The Kier molecular flexibility index (Phi) is 5.11. The van der Waals surface area contributed by atoms with E-state index in [-0.39, 0.29) is 22.8 Å². The zero-order chi connectivity index (χ0) is 14.0. The van der Waals surface area contributed by atoms with Gasteiger partial charge in [-0.1, -0.05) is 27.7 Å². The van der Waals surface area contributed by atoms with E-state index in [0.29, 0.717) is 0 Å². The van der Waals surface area contributed by atoms with E-state index in [2.05, 4.69) is 0 Å². The summed E-state index contributed by atoms with van der Waals surface area (Å²) >= 11 is 0. The number of nitrogens with one attached hydrogen (secondary N) is 1. The van der Waals surface area contributed by atoms with Gasteiger partial charge in [-0.3, -0.25) is 10.2 Å². The topological polar surface area (TPSA) is 40.9 Å². The molecule has 0 aliphatic rings. The molecule has 5 heteroatoms. The summed E-state index contributed by atoms with van der Waals surface area (Å²) in [6.45, 7) is 7.71. The zero-order valence-corrected chi connectivity index (χ0v) is 10.7. The van der Waals surface area contributed by atoms with E-state index in [1.807, 2.05) is 0 Å². The molecule has 0 amide bonds. The molecule has 0 aliphatic heterocycles. The Hall–Kier alpha value is -1.13. The van der Waals surface area contributed by atoms with E-state index >= 15 is 0 Å². The number of ketones is 1. The Morgan fingerprint density at radius 2 is 1.47 bits per heavy atom. The number of alkyl halides is 3. The van der Waals surface area contributed by atoms with Gasteiger partial charge >= 0.3 is 6.18 Å². The minimum Gasteiger partial charge on any atom is -0.296 e. The SMILES string of the molecule is C/C(C(=O)C(C)C)=C(\C(=N)C(F)(F)F)C(C)C. The highest BCUT2D eigenvalue weighted by atomic mass is 19.4. The van der Waals surface area contributed by atoms with Crippen molar-refractivity contribution >= 4 is 11.5 Å². The monoisotopic (exact) mass is 249 g/mol. The molecule has 0 unspecified atom stereocenters. The van der Waals surface area contributed by atoms with Gasteiger partial charge in [-0.2, -0.15) is 13.2 Å². The third kappa shape index (κ3) is 3.98. The molecule has 0 heterocycles. The van der Waals surface area contributed by atoms with E-state index < -0.39 is 17.8 Å². The summed E-state index contributed by atoms with van der Waals surface area (Å²) in [5, 5.41) is 7.16. The lowest BCUT2D eigenvalue weighted by Gasteiger charge is -2.19. The molecule has 0 rings (SSSR count). The van der Waals surface area contributed by atoms with Crippen LogP contribution in [0.15, 0.2) is 11.1 Å². The Morgan fingerprint density at radius 1 is 1.06 bits per heavy atom. The molecule has 0 bridgehead atoms. The van der Waals surface area contributed by atoms with Gasteiger partial charge in [-0.05, 0) is 24.0 Å². The van der Waals surface area contributed by atoms with Crippen molar-refractivity contribution < 1.29 is 18.0 Å². The second-order valence-electron chi connectivity index (χ2n) is 4.59. The Labute approximate surface area is 99.4 Å². The molecule has 0 aliphatic carbocycles. The minimum absolute atomic E-state index is 0.0392. The van der Waals surface area contributed by atoms with Gasteiger partial charge in [0.2, 0.25) is 0 Å². The predicted octanol–water partition coefficient (Wildman–Crippen LogP) is 3.77. The number of allylic oxidation sites excluding steroid dienone is 2. The molecular weight excluding hydrogens is 231 g/mol. The van der Waals surface area contributed by atoms with E-state index in [4.69, 9.17) is 5.41 Å². The highest BCUT2D eigenvalue weighted by Gasteiger charge is 2.38. The fraction of sp³-hybridized carbons (Fsp3) is 0.667. The van der Waals surface area contributed by atoms with Gasteiger partial charge in [-0.25, -0.2) is 0 Å². The summed E-state index contributed by atoms with van der Waals surface area (Å²) in [6.07, 6.45) is -4.71.